The Morgan fingerprint density at radius 2 is 1.84 bits per heavy atom. The first-order valence-corrected chi connectivity index (χ1v) is 11.8. The van der Waals surface area contributed by atoms with E-state index in [9.17, 15) is 4.79 Å². The predicted molar refractivity (Wildman–Crippen MR) is 138 cm³/mol. The van der Waals surface area contributed by atoms with Gasteiger partial charge in [0, 0.05) is 19.5 Å². The predicted octanol–water partition coefficient (Wildman–Crippen LogP) is 5.50. The molecule has 3 nitrogen and oxygen atoms in total. The molecule has 0 bridgehead atoms. The zero-order chi connectivity index (χ0) is 20.8. The van der Waals surface area contributed by atoms with E-state index in [4.69, 9.17) is 0 Å². The average Bonchev–Trinajstić information content (AvgIpc) is 3.01. The average molecular weight is 478 g/mol. The minimum absolute atomic E-state index is 0. The number of rotatable bonds is 7. The summed E-state index contributed by atoms with van der Waals surface area (Å²) in [5, 5.41) is 3.53. The Bertz CT molecular complexity index is 857. The molecule has 4 rings (SSSR count). The summed E-state index contributed by atoms with van der Waals surface area (Å²) in [5.74, 6) is 1.25. The molecule has 0 radical (unpaired) electrons. The second kappa shape index (κ2) is 13.3. The van der Waals surface area contributed by atoms with Crippen molar-refractivity contribution in [2.24, 2.45) is 5.92 Å². The van der Waals surface area contributed by atoms with Crippen LogP contribution in [0.5, 0.6) is 0 Å². The third kappa shape index (κ3) is 6.81. The Morgan fingerprint density at radius 3 is 2.62 bits per heavy atom. The molecule has 2 unspecified atom stereocenters. The van der Waals surface area contributed by atoms with Crippen molar-refractivity contribution in [1.82, 2.24) is 10.2 Å². The van der Waals surface area contributed by atoms with Crippen molar-refractivity contribution in [2.45, 2.75) is 57.9 Å². The largest absolute Gasteiger partial charge is 0.316 e. The molecule has 0 spiro atoms. The first-order chi connectivity index (χ1) is 14.7. The molecule has 0 aromatic heterocycles. The third-order valence-electron chi connectivity index (χ3n) is 7.19. The van der Waals surface area contributed by atoms with Crippen LogP contribution in [0.15, 0.2) is 42.5 Å². The van der Waals surface area contributed by atoms with Gasteiger partial charge in [-0.1, -0.05) is 42.5 Å². The lowest BCUT2D eigenvalue weighted by atomic mass is 9.77. The van der Waals surface area contributed by atoms with Gasteiger partial charge in [0.25, 0.3) is 0 Å². The lowest BCUT2D eigenvalue weighted by Crippen LogP contribution is -2.39. The number of nitrogens with one attached hydrogen (secondary N) is 1. The summed E-state index contributed by atoms with van der Waals surface area (Å²) < 4.78 is 0. The summed E-state index contributed by atoms with van der Waals surface area (Å²) >= 11 is 0. The SMILES string of the molecule is Cc1ccccc1CN1CCC(CCCC=O)C(c2ccc3c(c2)CCNCC3)C1.Cl.Cl. The van der Waals surface area contributed by atoms with Crippen LogP contribution in [0.2, 0.25) is 0 Å². The number of hydrogen-bond acceptors (Lipinski definition) is 3. The van der Waals surface area contributed by atoms with E-state index < -0.39 is 0 Å². The number of carbonyl (C=O) groups excluding carboxylic acids is 1. The van der Waals surface area contributed by atoms with E-state index in [1.165, 1.54) is 35.1 Å². The lowest BCUT2D eigenvalue weighted by molar-refractivity contribution is -0.108. The van der Waals surface area contributed by atoms with Gasteiger partial charge < -0.3 is 10.1 Å². The number of piperidine rings is 1. The molecule has 0 saturated carbocycles. The zero-order valence-corrected chi connectivity index (χ0v) is 20.9. The van der Waals surface area contributed by atoms with Crippen molar-refractivity contribution in [3.05, 3.63) is 70.3 Å². The number of hydrogen-bond donors (Lipinski definition) is 1. The molecular weight excluding hydrogens is 439 g/mol. The topological polar surface area (TPSA) is 32.3 Å². The lowest BCUT2D eigenvalue weighted by Gasteiger charge is -2.39. The van der Waals surface area contributed by atoms with Crippen LogP contribution in [0.1, 0.15) is 59.4 Å². The van der Waals surface area contributed by atoms with Crippen molar-refractivity contribution in [3.8, 4) is 0 Å². The van der Waals surface area contributed by atoms with Crippen molar-refractivity contribution in [3.63, 3.8) is 0 Å². The van der Waals surface area contributed by atoms with Crippen LogP contribution in [0.3, 0.4) is 0 Å². The molecule has 2 aliphatic rings. The van der Waals surface area contributed by atoms with Crippen molar-refractivity contribution in [2.75, 3.05) is 26.2 Å². The van der Waals surface area contributed by atoms with Crippen LogP contribution in [0.4, 0.5) is 0 Å². The zero-order valence-electron chi connectivity index (χ0n) is 19.2. The van der Waals surface area contributed by atoms with Gasteiger partial charge in [-0.05, 0) is 98.3 Å². The van der Waals surface area contributed by atoms with Crippen LogP contribution in [-0.2, 0) is 24.2 Å². The summed E-state index contributed by atoms with van der Waals surface area (Å²) in [6.45, 7) is 7.72. The summed E-state index contributed by atoms with van der Waals surface area (Å²) in [6, 6.07) is 16.1. The fraction of sp³-hybridized carbons (Fsp3) is 0.519. The molecule has 176 valence electrons. The molecular formula is C27H38Cl2N2O. The van der Waals surface area contributed by atoms with Crippen LogP contribution < -0.4 is 5.32 Å². The number of aldehydes is 1. The number of halogens is 2. The molecule has 0 amide bonds. The molecule has 2 aliphatic heterocycles. The van der Waals surface area contributed by atoms with Gasteiger partial charge in [-0.15, -0.1) is 24.8 Å². The van der Waals surface area contributed by atoms with E-state index in [0.29, 0.717) is 18.3 Å². The molecule has 2 aromatic rings. The fourth-order valence-corrected chi connectivity index (χ4v) is 5.35. The molecule has 1 saturated heterocycles. The van der Waals surface area contributed by atoms with Crippen molar-refractivity contribution < 1.29 is 4.79 Å². The number of likely N-dealkylation sites (tertiary alicyclic amines) is 1. The Balaban J connectivity index is 0.00000181. The molecule has 0 aliphatic carbocycles. The molecule has 2 heterocycles. The van der Waals surface area contributed by atoms with Crippen molar-refractivity contribution in [1.29, 1.82) is 0 Å². The number of nitrogens with zero attached hydrogens (tertiary/aromatic N) is 1. The van der Waals surface area contributed by atoms with E-state index in [0.717, 1.165) is 58.3 Å². The van der Waals surface area contributed by atoms with E-state index in [-0.39, 0.29) is 24.8 Å². The molecule has 2 aromatic carbocycles. The standard InChI is InChI=1S/C27H36N2O.2ClH/c1-21-6-2-3-8-26(21)19-29-16-13-23(7-4-5-17-30)27(20-29)25-10-9-22-11-14-28-15-12-24(22)18-25;;/h2-3,6,8-10,17-18,23,27-28H,4-5,7,11-16,19-20H2,1H3;2*1H. The first-order valence-electron chi connectivity index (χ1n) is 11.8. The second-order valence-corrected chi connectivity index (χ2v) is 9.19. The summed E-state index contributed by atoms with van der Waals surface area (Å²) in [7, 11) is 0. The summed E-state index contributed by atoms with van der Waals surface area (Å²) in [5.41, 5.74) is 7.42. The highest BCUT2D eigenvalue weighted by atomic mass is 35.5. The number of fused-ring (bicyclic) bond motifs is 1. The van der Waals surface area contributed by atoms with E-state index >= 15 is 0 Å². The number of benzene rings is 2. The fourth-order valence-electron chi connectivity index (χ4n) is 5.35. The highest BCUT2D eigenvalue weighted by molar-refractivity contribution is 5.85. The Morgan fingerprint density at radius 1 is 1.06 bits per heavy atom. The maximum absolute atomic E-state index is 10.9. The van der Waals surface area contributed by atoms with Crippen LogP contribution in [0, 0.1) is 12.8 Å². The van der Waals surface area contributed by atoms with E-state index in [2.05, 4.69) is 59.6 Å². The maximum atomic E-state index is 10.9. The van der Waals surface area contributed by atoms with Crippen LogP contribution in [0.25, 0.3) is 0 Å². The van der Waals surface area contributed by atoms with Gasteiger partial charge in [0.2, 0.25) is 0 Å². The molecule has 32 heavy (non-hydrogen) atoms. The molecule has 2 atom stereocenters. The highest BCUT2D eigenvalue weighted by Crippen LogP contribution is 2.37. The van der Waals surface area contributed by atoms with Crippen LogP contribution >= 0.6 is 24.8 Å². The third-order valence-corrected chi connectivity index (χ3v) is 7.19. The second-order valence-electron chi connectivity index (χ2n) is 9.19. The molecule has 1 N–H and O–H groups in total. The monoisotopic (exact) mass is 476 g/mol. The number of unbranched alkanes of at least 4 members (excludes halogenated alkanes) is 1. The molecule has 1 fully saturated rings. The molecule has 5 heteroatoms. The number of carbonyl (C=O) groups is 1. The van der Waals surface area contributed by atoms with E-state index in [1.54, 1.807) is 5.56 Å². The van der Waals surface area contributed by atoms with Crippen molar-refractivity contribution >= 4 is 31.1 Å². The van der Waals surface area contributed by atoms with Gasteiger partial charge >= 0.3 is 0 Å². The first kappa shape index (κ1) is 26.9. The van der Waals surface area contributed by atoms with Gasteiger partial charge in [-0.25, -0.2) is 0 Å². The smallest absolute Gasteiger partial charge is 0.119 e. The Kier molecular flexibility index (Phi) is 11.2. The summed E-state index contributed by atoms with van der Waals surface area (Å²) in [4.78, 5) is 13.5. The maximum Gasteiger partial charge on any atom is 0.119 e. The Hall–Kier alpha value is -1.39. The van der Waals surface area contributed by atoms with Gasteiger partial charge in [0.05, 0.1) is 0 Å². The van der Waals surface area contributed by atoms with E-state index in [1.807, 2.05) is 0 Å². The quantitative estimate of drug-likeness (QED) is 0.422. The van der Waals surface area contributed by atoms with Crippen LogP contribution in [-0.4, -0.2) is 37.4 Å². The van der Waals surface area contributed by atoms with Gasteiger partial charge in [-0.2, -0.15) is 0 Å². The highest BCUT2D eigenvalue weighted by Gasteiger charge is 2.30. The summed E-state index contributed by atoms with van der Waals surface area (Å²) in [6.07, 6.45) is 7.48. The number of aryl methyl sites for hydroxylation is 1. The normalized spacial score (nSPS) is 20.9. The van der Waals surface area contributed by atoms with Gasteiger partial charge in [-0.3, -0.25) is 4.90 Å². The Labute approximate surface area is 206 Å². The minimum Gasteiger partial charge on any atom is -0.316 e. The van der Waals surface area contributed by atoms with Gasteiger partial charge in [0.1, 0.15) is 6.29 Å². The minimum atomic E-state index is 0. The van der Waals surface area contributed by atoms with Gasteiger partial charge in [0.15, 0.2) is 0 Å².